The number of benzene rings is 4. The van der Waals surface area contributed by atoms with Gasteiger partial charge in [0.15, 0.2) is 4.90 Å². The molecule has 4 rings (SSSR count). The molecule has 9 nitrogen and oxygen atoms in total. The number of carbonyl (C=O) groups excluding carboxylic acids is 1. The van der Waals surface area contributed by atoms with Crippen LogP contribution in [0.1, 0.15) is 35.6 Å². The van der Waals surface area contributed by atoms with Gasteiger partial charge in [0.2, 0.25) is 0 Å². The van der Waals surface area contributed by atoms with E-state index in [2.05, 4.69) is 0 Å². The molecule has 0 bridgehead atoms. The number of nitrogens with zero attached hydrogens (tertiary/aromatic N) is 2. The second kappa shape index (κ2) is 13.0. The van der Waals surface area contributed by atoms with Gasteiger partial charge >= 0.3 is 5.97 Å². The quantitative estimate of drug-likeness (QED) is 0.116. The minimum Gasteiger partial charge on any atom is -0.508 e. The Kier molecular flexibility index (Phi) is 9.45. The van der Waals surface area contributed by atoms with E-state index < -0.39 is 37.3 Å². The summed E-state index contributed by atoms with van der Waals surface area (Å²) in [5, 5.41) is 21.7. The number of nitro benzene ring substituents is 1. The third-order valence-corrected chi connectivity index (χ3v) is 8.74. The van der Waals surface area contributed by atoms with Crippen LogP contribution in [0.5, 0.6) is 5.75 Å². The Morgan fingerprint density at radius 1 is 1.00 bits per heavy atom. The van der Waals surface area contributed by atoms with Gasteiger partial charge < -0.3 is 9.84 Å². The van der Waals surface area contributed by atoms with E-state index in [9.17, 15) is 28.4 Å². The number of esters is 1. The number of phenolic OH excluding ortho intramolecular Hbond substituents is 1. The lowest BCUT2D eigenvalue weighted by atomic mass is 9.94. The van der Waals surface area contributed by atoms with Gasteiger partial charge in [0.25, 0.3) is 15.7 Å². The number of rotatable bonds is 11. The smallest absolute Gasteiger partial charge is 0.306 e. The van der Waals surface area contributed by atoms with Gasteiger partial charge in [-0.15, -0.1) is 0 Å². The second-order valence-electron chi connectivity index (χ2n) is 9.97. The number of aromatic hydroxyl groups is 1. The van der Waals surface area contributed by atoms with Gasteiger partial charge in [-0.2, -0.15) is 0 Å². The highest BCUT2D eigenvalue weighted by Gasteiger charge is 2.32. The maximum atomic E-state index is 15.3. The fraction of sp³-hybridized carbons (Fsp3) is 0.219. The summed E-state index contributed by atoms with van der Waals surface area (Å²) in [6, 6.07) is 19.2. The number of ether oxygens (including phenoxy) is 1. The van der Waals surface area contributed by atoms with E-state index in [0.29, 0.717) is 5.56 Å². The number of phenols is 1. The molecule has 0 spiro atoms. The molecule has 0 amide bonds. The van der Waals surface area contributed by atoms with Gasteiger partial charge in [-0.1, -0.05) is 36.4 Å². The second-order valence-corrected chi connectivity index (χ2v) is 11.8. The van der Waals surface area contributed by atoms with Crippen LogP contribution in [-0.2, 0) is 32.5 Å². The Hall–Kier alpha value is -4.77. The molecular weight excluding hydrogens is 575 g/mol. The number of nitro groups is 1. The summed E-state index contributed by atoms with van der Waals surface area (Å²) in [5.41, 5.74) is 3.36. The molecule has 0 aromatic heterocycles. The number of hydrogen-bond acceptors (Lipinski definition) is 7. The van der Waals surface area contributed by atoms with Crippen LogP contribution in [0.2, 0.25) is 0 Å². The highest BCUT2D eigenvalue weighted by atomic mass is 32.2. The van der Waals surface area contributed by atoms with Crippen molar-refractivity contribution in [3.63, 3.8) is 0 Å². The molecule has 0 saturated carbocycles. The van der Waals surface area contributed by atoms with Crippen molar-refractivity contribution in [3.8, 4) is 16.9 Å². The topological polar surface area (TPSA) is 127 Å². The van der Waals surface area contributed by atoms with E-state index in [1.165, 1.54) is 24.3 Å². The van der Waals surface area contributed by atoms with E-state index in [4.69, 9.17) is 4.74 Å². The standard InChI is InChI=1S/C32H31FN2O7S/c1-4-42-31(37)15-13-24-12-14-26(19-28(24)33)34(43(40,41)30-11-6-5-10-29(30)35(38)39)20-23-8-7-9-25(18-23)32-21(2)16-27(36)17-22(32)3/h5-12,14,16-19,36H,4,13,15,20H2,1-3H3. The van der Waals surface area contributed by atoms with Crippen molar-refractivity contribution in [1.82, 2.24) is 0 Å². The third-order valence-electron chi connectivity index (χ3n) is 6.92. The molecule has 1 N–H and O–H groups in total. The van der Waals surface area contributed by atoms with Crippen molar-refractivity contribution < 1.29 is 32.4 Å². The molecule has 0 aliphatic carbocycles. The molecule has 0 saturated heterocycles. The van der Waals surface area contributed by atoms with Crippen molar-refractivity contribution in [2.75, 3.05) is 10.9 Å². The summed E-state index contributed by atoms with van der Waals surface area (Å²) in [6.45, 7) is 5.31. The molecule has 0 atom stereocenters. The summed E-state index contributed by atoms with van der Waals surface area (Å²) in [6.07, 6.45) is 0.000443. The van der Waals surface area contributed by atoms with Crippen LogP contribution >= 0.6 is 0 Å². The minimum atomic E-state index is -4.57. The van der Waals surface area contributed by atoms with E-state index in [1.54, 1.807) is 37.3 Å². The van der Waals surface area contributed by atoms with Crippen molar-refractivity contribution in [3.05, 3.63) is 117 Å². The zero-order chi connectivity index (χ0) is 31.3. The Balaban J connectivity index is 1.80. The summed E-state index contributed by atoms with van der Waals surface area (Å²) in [4.78, 5) is 22.2. The van der Waals surface area contributed by atoms with Crippen LogP contribution in [0.15, 0.2) is 83.8 Å². The van der Waals surface area contributed by atoms with E-state index in [-0.39, 0.29) is 43.0 Å². The van der Waals surface area contributed by atoms with Gasteiger partial charge in [-0.3, -0.25) is 19.2 Å². The molecule has 0 heterocycles. The minimum absolute atomic E-state index is 0.0436. The fourth-order valence-corrected chi connectivity index (χ4v) is 6.62. The number of halogens is 1. The molecule has 0 aliphatic heterocycles. The maximum Gasteiger partial charge on any atom is 0.306 e. The Labute approximate surface area is 249 Å². The van der Waals surface area contributed by atoms with Crippen molar-refractivity contribution in [2.24, 2.45) is 0 Å². The lowest BCUT2D eigenvalue weighted by molar-refractivity contribution is -0.387. The van der Waals surface area contributed by atoms with E-state index in [0.717, 1.165) is 44.8 Å². The number of para-hydroxylation sites is 1. The molecule has 0 fully saturated rings. The molecule has 11 heteroatoms. The first kappa shape index (κ1) is 31.2. The average Bonchev–Trinajstić information content (AvgIpc) is 2.95. The Morgan fingerprint density at radius 3 is 2.35 bits per heavy atom. The van der Waals surface area contributed by atoms with Crippen molar-refractivity contribution >= 4 is 27.4 Å². The first-order valence-corrected chi connectivity index (χ1v) is 15.0. The number of aryl methyl sites for hydroxylation is 3. The number of hydrogen-bond donors (Lipinski definition) is 1. The molecule has 224 valence electrons. The lowest BCUT2D eigenvalue weighted by Gasteiger charge is -2.25. The van der Waals surface area contributed by atoms with E-state index in [1.807, 2.05) is 19.9 Å². The molecule has 43 heavy (non-hydrogen) atoms. The Bertz CT molecular complexity index is 1770. The summed E-state index contributed by atoms with van der Waals surface area (Å²) < 4.78 is 49.2. The van der Waals surface area contributed by atoms with Gasteiger partial charge in [0.05, 0.1) is 23.8 Å². The Morgan fingerprint density at radius 2 is 1.70 bits per heavy atom. The zero-order valence-electron chi connectivity index (χ0n) is 23.9. The SMILES string of the molecule is CCOC(=O)CCc1ccc(N(Cc2cccc(-c3c(C)cc(O)cc3C)c2)S(=O)(=O)c2ccccc2[N+](=O)[O-])cc1F. The first-order chi connectivity index (χ1) is 20.4. The van der Waals surface area contributed by atoms with Gasteiger partial charge in [0.1, 0.15) is 11.6 Å². The van der Waals surface area contributed by atoms with Crippen LogP contribution in [0.3, 0.4) is 0 Å². The molecular formula is C32H31FN2O7S. The summed E-state index contributed by atoms with van der Waals surface area (Å²) >= 11 is 0. The predicted molar refractivity (Wildman–Crippen MR) is 161 cm³/mol. The van der Waals surface area contributed by atoms with Crippen molar-refractivity contribution in [1.29, 1.82) is 0 Å². The highest BCUT2D eigenvalue weighted by molar-refractivity contribution is 7.93. The van der Waals surface area contributed by atoms with Gasteiger partial charge in [-0.05, 0) is 97.0 Å². The first-order valence-electron chi connectivity index (χ1n) is 13.5. The van der Waals surface area contributed by atoms with Gasteiger partial charge in [0, 0.05) is 12.5 Å². The van der Waals surface area contributed by atoms with Gasteiger partial charge in [-0.25, -0.2) is 12.8 Å². The largest absolute Gasteiger partial charge is 0.508 e. The zero-order valence-corrected chi connectivity index (χ0v) is 24.7. The van der Waals surface area contributed by atoms with Crippen LogP contribution in [0.25, 0.3) is 11.1 Å². The number of sulfonamides is 1. The molecule has 0 radical (unpaired) electrons. The van der Waals surface area contributed by atoms with Crippen LogP contribution in [0, 0.1) is 29.8 Å². The summed E-state index contributed by atoms with van der Waals surface area (Å²) in [5.74, 6) is -1.08. The normalized spacial score (nSPS) is 11.3. The average molecular weight is 607 g/mol. The monoisotopic (exact) mass is 606 g/mol. The highest BCUT2D eigenvalue weighted by Crippen LogP contribution is 2.34. The lowest BCUT2D eigenvalue weighted by Crippen LogP contribution is -2.31. The third kappa shape index (κ3) is 7.00. The van der Waals surface area contributed by atoms with Crippen LogP contribution in [0.4, 0.5) is 15.8 Å². The fourth-order valence-electron chi connectivity index (χ4n) is 5.01. The molecule has 0 unspecified atom stereocenters. The molecule has 0 aliphatic rings. The maximum absolute atomic E-state index is 15.3. The molecule has 4 aromatic rings. The van der Waals surface area contributed by atoms with Crippen molar-refractivity contribution in [2.45, 2.75) is 45.1 Å². The number of carbonyl (C=O) groups is 1. The van der Waals surface area contributed by atoms with Crippen LogP contribution in [-0.4, -0.2) is 31.0 Å². The van der Waals surface area contributed by atoms with Crippen LogP contribution < -0.4 is 4.31 Å². The predicted octanol–water partition coefficient (Wildman–Crippen LogP) is 6.61. The molecule has 4 aromatic carbocycles. The number of anilines is 1. The summed E-state index contributed by atoms with van der Waals surface area (Å²) in [7, 11) is -4.57. The van der Waals surface area contributed by atoms with E-state index >= 15 is 4.39 Å².